The summed E-state index contributed by atoms with van der Waals surface area (Å²) in [5, 5.41) is 15.7. The fourth-order valence-corrected chi connectivity index (χ4v) is 3.01. The average molecular weight is 356 g/mol. The molecule has 7 heteroatoms. The zero-order valence-corrected chi connectivity index (χ0v) is 14.2. The molecule has 0 radical (unpaired) electrons. The second-order valence-corrected chi connectivity index (χ2v) is 6.41. The summed E-state index contributed by atoms with van der Waals surface area (Å²) in [6.07, 6.45) is 0.615. The van der Waals surface area contributed by atoms with E-state index in [9.17, 15) is 9.18 Å². The van der Waals surface area contributed by atoms with Crippen molar-refractivity contribution in [1.82, 2.24) is 15.5 Å². The summed E-state index contributed by atoms with van der Waals surface area (Å²) >= 11 is 1.45. The van der Waals surface area contributed by atoms with E-state index >= 15 is 0 Å². The Balaban J connectivity index is 1.43. The number of carbonyl (C=O) groups excluding carboxylic acids is 1. The predicted molar refractivity (Wildman–Crippen MR) is 96.4 cm³/mol. The van der Waals surface area contributed by atoms with Crippen molar-refractivity contribution in [2.75, 3.05) is 18.4 Å². The SMILES string of the molecule is O=C(NCCNc1nnc(Cc2ccc(F)cc2)s1)c1ccccc1. The van der Waals surface area contributed by atoms with Crippen LogP contribution >= 0.6 is 11.3 Å². The number of amides is 1. The van der Waals surface area contributed by atoms with E-state index in [1.807, 2.05) is 18.2 Å². The standard InChI is InChI=1S/C18H17FN4OS/c19-15-8-6-13(7-9-15)12-16-22-23-18(25-16)21-11-10-20-17(24)14-4-2-1-3-5-14/h1-9H,10-12H2,(H,20,24)(H,21,23). The lowest BCUT2D eigenvalue weighted by Crippen LogP contribution is -2.28. The van der Waals surface area contributed by atoms with Crippen molar-refractivity contribution >= 4 is 22.4 Å². The molecule has 3 aromatic rings. The molecule has 2 N–H and O–H groups in total. The first-order valence-corrected chi connectivity index (χ1v) is 8.66. The van der Waals surface area contributed by atoms with Crippen molar-refractivity contribution in [1.29, 1.82) is 0 Å². The van der Waals surface area contributed by atoms with Crippen LogP contribution in [0.3, 0.4) is 0 Å². The maximum Gasteiger partial charge on any atom is 0.251 e. The van der Waals surface area contributed by atoms with Crippen LogP contribution in [0.4, 0.5) is 9.52 Å². The molecule has 0 unspecified atom stereocenters. The zero-order chi connectivity index (χ0) is 17.5. The van der Waals surface area contributed by atoms with Gasteiger partial charge in [-0.15, -0.1) is 10.2 Å². The normalized spacial score (nSPS) is 10.4. The minimum Gasteiger partial charge on any atom is -0.358 e. The maximum absolute atomic E-state index is 12.9. The van der Waals surface area contributed by atoms with Crippen LogP contribution < -0.4 is 10.6 Å². The molecule has 2 aromatic carbocycles. The van der Waals surface area contributed by atoms with E-state index in [-0.39, 0.29) is 11.7 Å². The van der Waals surface area contributed by atoms with Crippen LogP contribution in [0.25, 0.3) is 0 Å². The predicted octanol–water partition coefficient (Wildman–Crippen LogP) is 3.11. The first kappa shape index (κ1) is 17.0. The molecule has 5 nitrogen and oxygen atoms in total. The van der Waals surface area contributed by atoms with Gasteiger partial charge in [-0.1, -0.05) is 41.7 Å². The second-order valence-electron chi connectivity index (χ2n) is 5.35. The Bertz CT molecular complexity index is 821. The Morgan fingerprint density at radius 3 is 2.52 bits per heavy atom. The topological polar surface area (TPSA) is 66.9 Å². The summed E-state index contributed by atoms with van der Waals surface area (Å²) < 4.78 is 12.9. The van der Waals surface area contributed by atoms with Crippen LogP contribution in [0.15, 0.2) is 54.6 Å². The fourth-order valence-electron chi connectivity index (χ4n) is 2.21. The summed E-state index contributed by atoms with van der Waals surface area (Å²) in [4.78, 5) is 11.9. The lowest BCUT2D eigenvalue weighted by Gasteiger charge is -2.05. The van der Waals surface area contributed by atoms with Gasteiger partial charge in [0.1, 0.15) is 10.8 Å². The van der Waals surface area contributed by atoms with E-state index in [2.05, 4.69) is 20.8 Å². The molecule has 1 aromatic heterocycles. The molecule has 1 heterocycles. The van der Waals surface area contributed by atoms with Crippen molar-refractivity contribution in [2.24, 2.45) is 0 Å². The van der Waals surface area contributed by atoms with Gasteiger partial charge in [0.05, 0.1) is 0 Å². The number of carbonyl (C=O) groups is 1. The molecule has 1 amide bonds. The number of hydrogen-bond donors (Lipinski definition) is 2. The third-order valence-electron chi connectivity index (χ3n) is 3.46. The highest BCUT2D eigenvalue weighted by Crippen LogP contribution is 2.18. The van der Waals surface area contributed by atoms with Crippen molar-refractivity contribution in [2.45, 2.75) is 6.42 Å². The highest BCUT2D eigenvalue weighted by atomic mass is 32.1. The van der Waals surface area contributed by atoms with Gasteiger partial charge >= 0.3 is 0 Å². The third-order valence-corrected chi connectivity index (χ3v) is 4.34. The Morgan fingerprint density at radius 2 is 1.76 bits per heavy atom. The smallest absolute Gasteiger partial charge is 0.251 e. The first-order valence-electron chi connectivity index (χ1n) is 7.84. The highest BCUT2D eigenvalue weighted by Gasteiger charge is 2.06. The molecule has 128 valence electrons. The maximum atomic E-state index is 12.9. The number of rotatable bonds is 7. The van der Waals surface area contributed by atoms with E-state index in [4.69, 9.17) is 0 Å². The van der Waals surface area contributed by atoms with Gasteiger partial charge in [0.25, 0.3) is 5.91 Å². The van der Waals surface area contributed by atoms with Gasteiger partial charge in [0, 0.05) is 25.1 Å². The largest absolute Gasteiger partial charge is 0.358 e. The zero-order valence-electron chi connectivity index (χ0n) is 13.4. The molecule has 0 saturated carbocycles. The summed E-state index contributed by atoms with van der Waals surface area (Å²) in [6.45, 7) is 1.05. The van der Waals surface area contributed by atoms with Crippen molar-refractivity contribution in [3.05, 3.63) is 76.5 Å². The number of benzene rings is 2. The molecule has 25 heavy (non-hydrogen) atoms. The van der Waals surface area contributed by atoms with Crippen LogP contribution in [-0.4, -0.2) is 29.2 Å². The van der Waals surface area contributed by atoms with Gasteiger partial charge in [-0.05, 0) is 29.8 Å². The minimum absolute atomic E-state index is 0.100. The third kappa shape index (κ3) is 5.09. The van der Waals surface area contributed by atoms with Crippen molar-refractivity contribution in [3.8, 4) is 0 Å². The Hall–Kier alpha value is -2.80. The number of hydrogen-bond acceptors (Lipinski definition) is 5. The Morgan fingerprint density at radius 1 is 1.00 bits per heavy atom. The molecular weight excluding hydrogens is 339 g/mol. The summed E-state index contributed by atoms with van der Waals surface area (Å²) in [6, 6.07) is 15.4. The van der Waals surface area contributed by atoms with E-state index in [0.717, 1.165) is 10.6 Å². The molecule has 0 bridgehead atoms. The quantitative estimate of drug-likeness (QED) is 0.639. The Labute approximate surface area is 148 Å². The molecule has 0 saturated heterocycles. The van der Waals surface area contributed by atoms with Gasteiger partial charge in [0.15, 0.2) is 0 Å². The van der Waals surface area contributed by atoms with Crippen molar-refractivity contribution < 1.29 is 9.18 Å². The van der Waals surface area contributed by atoms with Gasteiger partial charge in [0.2, 0.25) is 5.13 Å². The lowest BCUT2D eigenvalue weighted by atomic mass is 10.2. The minimum atomic E-state index is -0.249. The van der Waals surface area contributed by atoms with Crippen LogP contribution in [-0.2, 0) is 6.42 Å². The number of halogens is 1. The highest BCUT2D eigenvalue weighted by molar-refractivity contribution is 7.15. The van der Waals surface area contributed by atoms with E-state index in [1.54, 1.807) is 24.3 Å². The summed E-state index contributed by atoms with van der Waals surface area (Å²) in [5.41, 5.74) is 1.62. The van der Waals surface area contributed by atoms with E-state index in [1.165, 1.54) is 23.5 Å². The van der Waals surface area contributed by atoms with Crippen LogP contribution in [0.1, 0.15) is 20.9 Å². The molecule has 0 fully saturated rings. The molecule has 3 rings (SSSR count). The number of nitrogens with zero attached hydrogens (tertiary/aromatic N) is 2. The monoisotopic (exact) mass is 356 g/mol. The Kier molecular flexibility index (Phi) is 5.69. The summed E-state index contributed by atoms with van der Waals surface area (Å²) in [7, 11) is 0. The number of aromatic nitrogens is 2. The molecule has 0 aliphatic heterocycles. The number of nitrogens with one attached hydrogen (secondary N) is 2. The molecular formula is C18H17FN4OS. The molecule has 0 atom stereocenters. The van der Waals surface area contributed by atoms with Gasteiger partial charge in [-0.2, -0.15) is 0 Å². The van der Waals surface area contributed by atoms with Gasteiger partial charge < -0.3 is 10.6 Å². The van der Waals surface area contributed by atoms with Crippen molar-refractivity contribution in [3.63, 3.8) is 0 Å². The second kappa shape index (κ2) is 8.34. The number of anilines is 1. The molecule has 0 aliphatic carbocycles. The molecule has 0 spiro atoms. The van der Waals surface area contributed by atoms with Gasteiger partial charge in [-0.3, -0.25) is 4.79 Å². The first-order chi connectivity index (χ1) is 12.2. The summed E-state index contributed by atoms with van der Waals surface area (Å²) in [5.74, 6) is -0.349. The van der Waals surface area contributed by atoms with Crippen LogP contribution in [0.2, 0.25) is 0 Å². The van der Waals surface area contributed by atoms with E-state index < -0.39 is 0 Å². The van der Waals surface area contributed by atoms with Crippen LogP contribution in [0.5, 0.6) is 0 Å². The average Bonchev–Trinajstić information content (AvgIpc) is 3.08. The van der Waals surface area contributed by atoms with Crippen LogP contribution in [0, 0.1) is 5.82 Å². The van der Waals surface area contributed by atoms with Gasteiger partial charge in [-0.25, -0.2) is 4.39 Å². The fraction of sp³-hybridized carbons (Fsp3) is 0.167. The lowest BCUT2D eigenvalue weighted by molar-refractivity contribution is 0.0955. The van der Waals surface area contributed by atoms with E-state index in [0.29, 0.717) is 30.2 Å². The molecule has 0 aliphatic rings.